The summed E-state index contributed by atoms with van der Waals surface area (Å²) in [5.74, 6) is -0.236. The van der Waals surface area contributed by atoms with Crippen LogP contribution in [0.15, 0.2) is 91.0 Å². The van der Waals surface area contributed by atoms with Crippen molar-refractivity contribution in [3.8, 4) is 6.07 Å². The second-order valence-electron chi connectivity index (χ2n) is 6.81. The molecule has 3 aromatic rings. The van der Waals surface area contributed by atoms with Gasteiger partial charge in [0.05, 0.1) is 0 Å². The van der Waals surface area contributed by atoms with Gasteiger partial charge in [-0.05, 0) is 29.2 Å². The van der Waals surface area contributed by atoms with Crippen molar-refractivity contribution in [3.63, 3.8) is 0 Å². The number of nitriles is 1. The maximum atomic E-state index is 13.4. The van der Waals surface area contributed by atoms with Crippen molar-refractivity contribution in [2.45, 2.75) is 20.3 Å². The van der Waals surface area contributed by atoms with E-state index in [1.165, 1.54) is 0 Å². The van der Waals surface area contributed by atoms with Crippen LogP contribution in [0.5, 0.6) is 0 Å². The van der Waals surface area contributed by atoms with Gasteiger partial charge in [-0.25, -0.2) is 0 Å². The summed E-state index contributed by atoms with van der Waals surface area (Å²) in [5.41, 5.74) is 0. The van der Waals surface area contributed by atoms with Crippen molar-refractivity contribution in [1.82, 2.24) is 0 Å². The third-order valence-corrected chi connectivity index (χ3v) is 9.37. The van der Waals surface area contributed by atoms with E-state index in [1.807, 2.05) is 68.4 Å². The van der Waals surface area contributed by atoms with Gasteiger partial charge in [0, 0.05) is 5.92 Å². The van der Waals surface area contributed by atoms with Crippen molar-refractivity contribution in [2.75, 3.05) is 0 Å². The molecule has 1 unspecified atom stereocenters. The summed E-state index contributed by atoms with van der Waals surface area (Å²) >= 11 is 0. The van der Waals surface area contributed by atoms with E-state index < -0.39 is 6.89 Å². The molecule has 140 valence electrons. The molecule has 0 aliphatic rings. The Bertz CT molecular complexity index is 931. The average Bonchev–Trinajstić information content (AvgIpc) is 2.78. The lowest BCUT2D eigenvalue weighted by molar-refractivity contribution is -0.115. The highest BCUT2D eigenvalue weighted by Crippen LogP contribution is 2.46. The molecule has 28 heavy (non-hydrogen) atoms. The minimum atomic E-state index is -2.58. The van der Waals surface area contributed by atoms with Crippen molar-refractivity contribution >= 4 is 33.9 Å². The van der Waals surface area contributed by atoms with Gasteiger partial charge < -0.3 is 0 Å². The minimum Gasteiger partial charge on any atom is -0.293 e. The van der Waals surface area contributed by atoms with E-state index in [0.717, 1.165) is 15.9 Å². The molecule has 0 radical (unpaired) electrons. The second-order valence-corrected chi connectivity index (χ2v) is 10.1. The van der Waals surface area contributed by atoms with Crippen LogP contribution >= 0.6 is 6.89 Å². The van der Waals surface area contributed by atoms with E-state index >= 15 is 0 Å². The summed E-state index contributed by atoms with van der Waals surface area (Å²) in [6, 6.07) is 32.5. The minimum absolute atomic E-state index is 0.0464. The molecule has 0 fully saturated rings. The van der Waals surface area contributed by atoms with Crippen LogP contribution in [0.1, 0.15) is 20.3 Å². The quantitative estimate of drug-likeness (QED) is 0.594. The molecule has 0 saturated heterocycles. The van der Waals surface area contributed by atoms with E-state index in [4.69, 9.17) is 0 Å². The number of hydrogen-bond acceptors (Lipinski definition) is 2. The number of rotatable bonds is 6. The molecule has 0 N–H and O–H groups in total. The summed E-state index contributed by atoms with van der Waals surface area (Å²) < 4.78 is 0. The average molecular weight is 385 g/mol. The van der Waals surface area contributed by atoms with Crippen LogP contribution in [0.2, 0.25) is 0 Å². The SMILES string of the molecule is CCC(C)C(=O)C(C#N)=P(c1ccccc1)(c1ccccc1)c1ccccc1. The predicted molar refractivity (Wildman–Crippen MR) is 120 cm³/mol. The maximum Gasteiger partial charge on any atom is 0.177 e. The number of hydrogen-bond donors (Lipinski definition) is 0. The molecule has 1 atom stereocenters. The molecule has 3 aromatic carbocycles. The fraction of sp³-hybridized carbons (Fsp3) is 0.160. The normalized spacial score (nSPS) is 12.0. The molecule has 0 amide bonds. The van der Waals surface area contributed by atoms with Crippen molar-refractivity contribution in [2.24, 2.45) is 5.92 Å². The smallest absolute Gasteiger partial charge is 0.177 e. The summed E-state index contributed by atoms with van der Waals surface area (Å²) in [7, 11) is 0. The van der Waals surface area contributed by atoms with E-state index in [2.05, 4.69) is 42.5 Å². The van der Waals surface area contributed by atoms with Crippen LogP contribution in [-0.2, 0) is 4.79 Å². The van der Waals surface area contributed by atoms with Gasteiger partial charge in [0.2, 0.25) is 0 Å². The highest BCUT2D eigenvalue weighted by Gasteiger charge is 2.34. The fourth-order valence-corrected chi connectivity index (χ4v) is 7.73. The van der Waals surface area contributed by atoms with Gasteiger partial charge in [-0.3, -0.25) is 4.79 Å². The van der Waals surface area contributed by atoms with Gasteiger partial charge >= 0.3 is 0 Å². The Hall–Kier alpha value is -2.88. The Kier molecular flexibility index (Phi) is 6.30. The Morgan fingerprint density at radius 3 is 1.46 bits per heavy atom. The topological polar surface area (TPSA) is 40.9 Å². The molecule has 3 heteroatoms. The van der Waals surface area contributed by atoms with Gasteiger partial charge in [0.15, 0.2) is 5.78 Å². The van der Waals surface area contributed by atoms with E-state index in [1.54, 1.807) is 0 Å². The van der Waals surface area contributed by atoms with Crippen molar-refractivity contribution in [3.05, 3.63) is 91.0 Å². The molecule has 3 rings (SSSR count). The van der Waals surface area contributed by atoms with E-state index in [9.17, 15) is 10.1 Å². The maximum absolute atomic E-state index is 13.4. The van der Waals surface area contributed by atoms with Gasteiger partial charge in [-0.1, -0.05) is 105 Å². The lowest BCUT2D eigenvalue weighted by atomic mass is 10.0. The van der Waals surface area contributed by atoms with Gasteiger partial charge in [0.25, 0.3) is 0 Å². The van der Waals surface area contributed by atoms with Crippen LogP contribution in [0.4, 0.5) is 0 Å². The molecule has 0 saturated carbocycles. The van der Waals surface area contributed by atoms with Crippen LogP contribution in [0, 0.1) is 17.2 Å². The Morgan fingerprint density at radius 2 is 1.18 bits per heavy atom. The summed E-state index contributed by atoms with van der Waals surface area (Å²) in [6.07, 6.45) is 0.711. The van der Waals surface area contributed by atoms with Gasteiger partial charge in [-0.2, -0.15) is 5.26 Å². The summed E-state index contributed by atoms with van der Waals surface area (Å²) in [4.78, 5) is 13.4. The number of benzene rings is 3. The second kappa shape index (κ2) is 8.87. The van der Waals surface area contributed by atoms with Crippen LogP contribution in [0.25, 0.3) is 0 Å². The number of ketones is 1. The zero-order valence-electron chi connectivity index (χ0n) is 16.2. The third-order valence-electron chi connectivity index (χ3n) is 5.17. The first kappa shape index (κ1) is 19.9. The lowest BCUT2D eigenvalue weighted by Gasteiger charge is -2.30. The van der Waals surface area contributed by atoms with Gasteiger partial charge in [0.1, 0.15) is 11.4 Å². The van der Waals surface area contributed by atoms with E-state index in [-0.39, 0.29) is 11.7 Å². The monoisotopic (exact) mass is 385 g/mol. The molecule has 0 heterocycles. The van der Waals surface area contributed by atoms with Gasteiger partial charge in [-0.15, -0.1) is 0 Å². The largest absolute Gasteiger partial charge is 0.293 e. The molecule has 0 bridgehead atoms. The van der Waals surface area contributed by atoms with Crippen molar-refractivity contribution < 1.29 is 4.79 Å². The van der Waals surface area contributed by atoms with Crippen molar-refractivity contribution in [1.29, 1.82) is 5.26 Å². The Balaban J connectivity index is 2.57. The van der Waals surface area contributed by atoms with Crippen LogP contribution in [-0.4, -0.2) is 11.1 Å². The fourth-order valence-electron chi connectivity index (χ4n) is 3.50. The van der Waals surface area contributed by atoms with E-state index in [0.29, 0.717) is 11.7 Å². The Labute approximate surface area is 167 Å². The number of nitrogens with zero attached hydrogens (tertiary/aromatic N) is 1. The highest BCUT2D eigenvalue weighted by atomic mass is 31.2. The first-order chi connectivity index (χ1) is 13.7. The lowest BCUT2D eigenvalue weighted by Crippen LogP contribution is -2.34. The standard InChI is InChI=1S/C25H24NOP/c1-3-20(2)25(27)24(19-26)28(21-13-7-4-8-14-21,22-15-9-5-10-16-22)23-17-11-6-12-18-23/h4-18,20H,3H2,1-2H3. The first-order valence-corrected chi connectivity index (χ1v) is 11.3. The molecule has 0 spiro atoms. The zero-order valence-corrected chi connectivity index (χ0v) is 17.1. The number of carbonyl (C=O) groups excluding carboxylic acids is 1. The molecule has 2 nitrogen and oxygen atoms in total. The highest BCUT2D eigenvalue weighted by molar-refractivity contribution is 7.96. The van der Waals surface area contributed by atoms with Crippen LogP contribution < -0.4 is 15.9 Å². The number of carbonyl (C=O) groups is 1. The first-order valence-electron chi connectivity index (χ1n) is 9.54. The molecular weight excluding hydrogens is 361 g/mol. The molecule has 0 aliphatic heterocycles. The number of Topliss-reactive ketones (excluding diaryl/α,β-unsaturated/α-hetero) is 1. The molecular formula is C25H24NOP. The third kappa shape index (κ3) is 3.47. The summed E-state index contributed by atoms with van der Waals surface area (Å²) in [6.45, 7) is 1.32. The van der Waals surface area contributed by atoms with Crippen LogP contribution in [0.3, 0.4) is 0 Å². The predicted octanol–water partition coefficient (Wildman–Crippen LogP) is 4.29. The molecule has 0 aromatic heterocycles. The Morgan fingerprint density at radius 1 is 0.821 bits per heavy atom. The summed E-state index contributed by atoms with van der Waals surface area (Å²) in [5, 5.41) is 13.7. The molecule has 0 aliphatic carbocycles. The zero-order chi connectivity index (χ0) is 20.0.